The van der Waals surface area contributed by atoms with Crippen LogP contribution in [0.25, 0.3) is 10.9 Å². The molecule has 7 heteroatoms. The van der Waals surface area contributed by atoms with Crippen molar-refractivity contribution >= 4 is 22.7 Å². The molecule has 0 aliphatic carbocycles. The molecule has 1 aromatic heterocycles. The van der Waals surface area contributed by atoms with Crippen molar-refractivity contribution in [1.29, 1.82) is 0 Å². The van der Waals surface area contributed by atoms with Crippen LogP contribution in [0.5, 0.6) is 5.75 Å². The first-order chi connectivity index (χ1) is 17.1. The molecule has 0 saturated carbocycles. The lowest BCUT2D eigenvalue weighted by Crippen LogP contribution is -2.44. The Morgan fingerprint density at radius 1 is 0.971 bits per heavy atom. The van der Waals surface area contributed by atoms with Gasteiger partial charge < -0.3 is 24.6 Å². The second kappa shape index (κ2) is 10.1. The average molecular weight is 476 g/mol. The molecule has 7 nitrogen and oxygen atoms in total. The molecule has 2 N–H and O–H groups in total. The second-order valence-electron chi connectivity index (χ2n) is 9.79. The first kappa shape index (κ1) is 23.4. The maximum atomic E-state index is 13.6. The number of aliphatic hydroxyl groups excluding tert-OH is 1. The molecular weight excluding hydrogens is 442 g/mol. The molecule has 6 rings (SSSR count). The Morgan fingerprint density at radius 3 is 2.63 bits per heavy atom. The average Bonchev–Trinajstić information content (AvgIpc) is 3.38. The van der Waals surface area contributed by atoms with Gasteiger partial charge in [-0.1, -0.05) is 30.7 Å². The second-order valence-corrected chi connectivity index (χ2v) is 9.79. The highest BCUT2D eigenvalue weighted by Gasteiger charge is 2.36. The first-order valence-electron chi connectivity index (χ1n) is 12.6. The largest absolute Gasteiger partial charge is 0.491 e. The van der Waals surface area contributed by atoms with Crippen LogP contribution >= 0.6 is 0 Å². The van der Waals surface area contributed by atoms with E-state index in [4.69, 9.17) is 4.74 Å². The molecule has 2 amide bonds. The number of amides is 2. The molecule has 3 aromatic rings. The number of carbonyl (C=O) groups excluding carboxylic acids is 2. The number of nitrogens with one attached hydrogen (secondary N) is 1. The van der Waals surface area contributed by atoms with E-state index in [0.29, 0.717) is 49.7 Å². The number of H-pyrrole nitrogens is 1. The number of rotatable bonds is 2. The molecule has 4 heterocycles. The quantitative estimate of drug-likeness (QED) is 0.585. The van der Waals surface area contributed by atoms with Crippen molar-refractivity contribution in [3.05, 3.63) is 65.9 Å². The smallest absolute Gasteiger partial charge is 0.257 e. The Bertz CT molecular complexity index is 1200. The molecule has 0 atom stereocenters. The monoisotopic (exact) mass is 475 g/mol. The Morgan fingerprint density at radius 2 is 1.80 bits per heavy atom. The molecule has 2 aromatic carbocycles. The van der Waals surface area contributed by atoms with Crippen molar-refractivity contribution in [3.63, 3.8) is 0 Å². The number of hydrogen-bond donors (Lipinski definition) is 2. The fourth-order valence-corrected chi connectivity index (χ4v) is 5.43. The molecule has 35 heavy (non-hydrogen) atoms. The highest BCUT2D eigenvalue weighted by atomic mass is 16.5. The van der Waals surface area contributed by atoms with Gasteiger partial charge in [-0.2, -0.15) is 0 Å². The predicted molar refractivity (Wildman–Crippen MR) is 135 cm³/mol. The van der Waals surface area contributed by atoms with Gasteiger partial charge in [0.1, 0.15) is 12.4 Å². The summed E-state index contributed by atoms with van der Waals surface area (Å²) >= 11 is 0. The normalized spacial score (nSPS) is 19.1. The lowest BCUT2D eigenvalue weighted by molar-refractivity contribution is 0.0297. The number of nitrogens with zero attached hydrogens (tertiary/aromatic N) is 2. The Kier molecular flexibility index (Phi) is 6.77. The molecule has 0 spiro atoms. The van der Waals surface area contributed by atoms with Crippen molar-refractivity contribution in [2.24, 2.45) is 5.41 Å². The van der Waals surface area contributed by atoms with E-state index in [2.05, 4.69) is 4.98 Å². The standard InChI is InChI=1S/C28H33N3O4/c32-20-28-11-3-4-15-30(27(34)23-8-5-6-21-10-14-29-25(21)23)18-19-35-24-9-2-1-7-22(24)26(33)31(16-12-28)17-13-28/h1-2,5-10,14,29,32H,3-4,11-13,15-20H2. The molecule has 2 bridgehead atoms. The fourth-order valence-electron chi connectivity index (χ4n) is 5.43. The number of benzene rings is 2. The van der Waals surface area contributed by atoms with E-state index < -0.39 is 0 Å². The third-order valence-electron chi connectivity index (χ3n) is 7.67. The van der Waals surface area contributed by atoms with Gasteiger partial charge in [0.25, 0.3) is 11.8 Å². The van der Waals surface area contributed by atoms with Crippen LogP contribution in [-0.4, -0.2) is 71.1 Å². The molecule has 0 unspecified atom stereocenters. The Hall–Kier alpha value is -3.32. The van der Waals surface area contributed by atoms with Crippen LogP contribution in [0.1, 0.15) is 52.8 Å². The lowest BCUT2D eigenvalue weighted by atomic mass is 9.75. The number of piperidine rings is 1. The fraction of sp³-hybridized carbons (Fsp3) is 0.429. The molecule has 3 aliphatic rings. The van der Waals surface area contributed by atoms with Crippen LogP contribution in [0.15, 0.2) is 54.7 Å². The van der Waals surface area contributed by atoms with E-state index in [1.165, 1.54) is 0 Å². The van der Waals surface area contributed by atoms with Gasteiger partial charge in [-0.3, -0.25) is 9.59 Å². The third kappa shape index (κ3) is 4.78. The number of hydrogen-bond acceptors (Lipinski definition) is 4. The zero-order valence-electron chi connectivity index (χ0n) is 20.0. The van der Waals surface area contributed by atoms with Crippen LogP contribution in [0.3, 0.4) is 0 Å². The molecule has 1 fully saturated rings. The van der Waals surface area contributed by atoms with Crippen molar-refractivity contribution < 1.29 is 19.4 Å². The summed E-state index contributed by atoms with van der Waals surface area (Å²) in [7, 11) is 0. The summed E-state index contributed by atoms with van der Waals surface area (Å²) in [6.45, 7) is 2.75. The maximum Gasteiger partial charge on any atom is 0.257 e. The van der Waals surface area contributed by atoms with E-state index in [9.17, 15) is 14.7 Å². The topological polar surface area (TPSA) is 85.9 Å². The SMILES string of the molecule is O=C1c2ccccc2OCCN(C(=O)c2cccc3cc[nH]c23)CCCCC2(CO)CCN1CC2. The number of aromatic nitrogens is 1. The number of carbonyl (C=O) groups is 2. The number of para-hydroxylation sites is 2. The summed E-state index contributed by atoms with van der Waals surface area (Å²) in [5.41, 5.74) is 1.89. The van der Waals surface area contributed by atoms with Crippen molar-refractivity contribution in [2.75, 3.05) is 39.4 Å². The van der Waals surface area contributed by atoms with Crippen LogP contribution in [0, 0.1) is 5.41 Å². The van der Waals surface area contributed by atoms with Crippen molar-refractivity contribution in [3.8, 4) is 5.75 Å². The zero-order chi connectivity index (χ0) is 24.3. The van der Waals surface area contributed by atoms with Gasteiger partial charge in [0.05, 0.1) is 23.2 Å². The molecule has 0 radical (unpaired) electrons. The molecule has 184 valence electrons. The van der Waals surface area contributed by atoms with E-state index in [0.717, 1.165) is 43.0 Å². The summed E-state index contributed by atoms with van der Waals surface area (Å²) in [5, 5.41) is 11.2. The summed E-state index contributed by atoms with van der Waals surface area (Å²) in [6, 6.07) is 15.1. The summed E-state index contributed by atoms with van der Waals surface area (Å²) in [4.78, 5) is 33.8. The highest BCUT2D eigenvalue weighted by Crippen LogP contribution is 2.37. The number of ether oxygens (including phenoxy) is 1. The minimum atomic E-state index is -0.155. The maximum absolute atomic E-state index is 13.6. The van der Waals surface area contributed by atoms with Crippen molar-refractivity contribution in [2.45, 2.75) is 32.1 Å². The first-order valence-corrected chi connectivity index (χ1v) is 12.6. The third-order valence-corrected chi connectivity index (χ3v) is 7.67. The Balaban J connectivity index is 1.41. The van der Waals surface area contributed by atoms with Crippen molar-refractivity contribution in [1.82, 2.24) is 14.8 Å². The summed E-state index contributed by atoms with van der Waals surface area (Å²) in [6.07, 6.45) is 6.10. The van der Waals surface area contributed by atoms with Gasteiger partial charge in [-0.15, -0.1) is 0 Å². The number of fused-ring (bicyclic) bond motifs is 10. The summed E-state index contributed by atoms with van der Waals surface area (Å²) in [5.74, 6) is 0.484. The Labute approximate surface area is 205 Å². The molecule has 1 saturated heterocycles. The van der Waals surface area contributed by atoms with Gasteiger partial charge in [-0.05, 0) is 55.4 Å². The number of aromatic amines is 1. The highest BCUT2D eigenvalue weighted by molar-refractivity contribution is 6.05. The minimum absolute atomic E-state index is 0.0285. The van der Waals surface area contributed by atoms with E-state index >= 15 is 0 Å². The molecule has 3 aliphatic heterocycles. The number of aliphatic hydroxyl groups is 1. The van der Waals surface area contributed by atoms with Gasteiger partial charge in [0.15, 0.2) is 0 Å². The van der Waals surface area contributed by atoms with Crippen LogP contribution in [0.2, 0.25) is 0 Å². The van der Waals surface area contributed by atoms with Gasteiger partial charge in [-0.25, -0.2) is 0 Å². The zero-order valence-corrected chi connectivity index (χ0v) is 20.0. The van der Waals surface area contributed by atoms with E-state index in [-0.39, 0.29) is 23.8 Å². The van der Waals surface area contributed by atoms with Gasteiger partial charge in [0, 0.05) is 37.8 Å². The van der Waals surface area contributed by atoms with E-state index in [1.807, 2.05) is 58.5 Å². The minimum Gasteiger partial charge on any atom is -0.491 e. The van der Waals surface area contributed by atoms with Gasteiger partial charge in [0.2, 0.25) is 0 Å². The van der Waals surface area contributed by atoms with Gasteiger partial charge >= 0.3 is 0 Å². The lowest BCUT2D eigenvalue weighted by Gasteiger charge is -2.41. The van der Waals surface area contributed by atoms with E-state index in [1.54, 1.807) is 6.07 Å². The van der Waals surface area contributed by atoms with Crippen LogP contribution in [0.4, 0.5) is 0 Å². The predicted octanol–water partition coefficient (Wildman–Crippen LogP) is 4.09. The van der Waals surface area contributed by atoms with Crippen LogP contribution in [-0.2, 0) is 0 Å². The molecular formula is C28H33N3O4. The summed E-state index contributed by atoms with van der Waals surface area (Å²) < 4.78 is 6.08. The van der Waals surface area contributed by atoms with Crippen LogP contribution < -0.4 is 4.74 Å².